The van der Waals surface area contributed by atoms with Crippen LogP contribution in [0.15, 0.2) is 10.7 Å². The van der Waals surface area contributed by atoms with Crippen molar-refractivity contribution in [2.45, 2.75) is 52.2 Å². The fraction of sp³-hybridized carbons (Fsp3) is 0.632. The molecule has 28 heavy (non-hydrogen) atoms. The quantitative estimate of drug-likeness (QED) is 0.784. The summed E-state index contributed by atoms with van der Waals surface area (Å²) in [5.74, 6) is 2.06. The van der Waals surface area contributed by atoms with Gasteiger partial charge < -0.3 is 19.1 Å². The molecule has 2 fully saturated rings. The van der Waals surface area contributed by atoms with E-state index in [4.69, 9.17) is 9.26 Å². The number of nitrogens with zero attached hydrogens (tertiary/aromatic N) is 6. The Morgan fingerprint density at radius 2 is 1.93 bits per heavy atom. The number of aryl methyl sites for hydroxylation is 3. The molecular weight excluding hydrogens is 360 g/mol. The van der Waals surface area contributed by atoms with Gasteiger partial charge in [0.15, 0.2) is 5.82 Å². The standard InChI is InChI=1S/C19H26N6O3/c1-13-11-20-14(2)18(21-13)24-6-4-19(5-7-24)10-17(26)25(8-9-27-19)12-16-22-15(3)28-23-16/h11H,4-10,12H2,1-3H3. The molecule has 4 heterocycles. The lowest BCUT2D eigenvalue weighted by atomic mass is 9.87. The van der Waals surface area contributed by atoms with Crippen molar-refractivity contribution in [3.63, 3.8) is 0 Å². The molecule has 2 aliphatic rings. The van der Waals surface area contributed by atoms with Crippen LogP contribution in [-0.4, -0.2) is 62.8 Å². The molecule has 0 N–H and O–H groups in total. The molecule has 0 unspecified atom stereocenters. The largest absolute Gasteiger partial charge is 0.372 e. The van der Waals surface area contributed by atoms with Crippen LogP contribution in [0.1, 0.15) is 42.4 Å². The number of rotatable bonds is 3. The molecule has 2 aromatic heterocycles. The molecule has 2 saturated heterocycles. The summed E-state index contributed by atoms with van der Waals surface area (Å²) in [4.78, 5) is 30.2. The lowest BCUT2D eigenvalue weighted by molar-refractivity contribution is -0.134. The number of hydrogen-bond donors (Lipinski definition) is 0. The summed E-state index contributed by atoms with van der Waals surface area (Å²) >= 11 is 0. The molecule has 0 atom stereocenters. The predicted molar refractivity (Wildman–Crippen MR) is 101 cm³/mol. The lowest BCUT2D eigenvalue weighted by Gasteiger charge is -2.41. The molecule has 4 rings (SSSR count). The molecule has 0 saturated carbocycles. The van der Waals surface area contributed by atoms with E-state index in [-0.39, 0.29) is 5.91 Å². The van der Waals surface area contributed by atoms with Crippen LogP contribution in [-0.2, 0) is 16.1 Å². The van der Waals surface area contributed by atoms with Crippen LogP contribution in [0.25, 0.3) is 0 Å². The zero-order valence-electron chi connectivity index (χ0n) is 16.6. The maximum Gasteiger partial charge on any atom is 0.225 e. The summed E-state index contributed by atoms with van der Waals surface area (Å²) in [6.45, 7) is 8.70. The first-order valence-corrected chi connectivity index (χ1v) is 9.70. The van der Waals surface area contributed by atoms with Crippen LogP contribution < -0.4 is 4.90 Å². The number of ether oxygens (including phenoxy) is 1. The lowest BCUT2D eigenvalue weighted by Crippen LogP contribution is -2.47. The summed E-state index contributed by atoms with van der Waals surface area (Å²) in [6.07, 6.45) is 3.76. The third kappa shape index (κ3) is 3.84. The van der Waals surface area contributed by atoms with E-state index in [1.807, 2.05) is 13.8 Å². The normalized spacial score (nSPS) is 19.9. The molecule has 0 radical (unpaired) electrons. The highest BCUT2D eigenvalue weighted by Crippen LogP contribution is 2.34. The van der Waals surface area contributed by atoms with Gasteiger partial charge in [-0.2, -0.15) is 4.98 Å². The number of aromatic nitrogens is 4. The highest BCUT2D eigenvalue weighted by molar-refractivity contribution is 5.77. The second-order valence-corrected chi connectivity index (χ2v) is 7.66. The Morgan fingerprint density at radius 3 is 2.64 bits per heavy atom. The van der Waals surface area contributed by atoms with Crippen LogP contribution in [0, 0.1) is 20.8 Å². The Balaban J connectivity index is 1.41. The van der Waals surface area contributed by atoms with Crippen LogP contribution in [0.3, 0.4) is 0 Å². The predicted octanol–water partition coefficient (Wildman–Crippen LogP) is 1.57. The zero-order chi connectivity index (χ0) is 19.7. The Bertz CT molecular complexity index is 859. The van der Waals surface area contributed by atoms with Crippen molar-refractivity contribution in [2.24, 2.45) is 0 Å². The van der Waals surface area contributed by atoms with Gasteiger partial charge in [-0.3, -0.25) is 9.78 Å². The van der Waals surface area contributed by atoms with Crippen molar-refractivity contribution in [3.8, 4) is 0 Å². The first kappa shape index (κ1) is 18.8. The molecule has 2 aliphatic heterocycles. The van der Waals surface area contributed by atoms with Gasteiger partial charge >= 0.3 is 0 Å². The number of hydrogen-bond acceptors (Lipinski definition) is 8. The first-order valence-electron chi connectivity index (χ1n) is 9.70. The Hall–Kier alpha value is -2.55. The topological polar surface area (TPSA) is 97.5 Å². The van der Waals surface area contributed by atoms with Gasteiger partial charge in [0.25, 0.3) is 0 Å². The van der Waals surface area contributed by atoms with Crippen molar-refractivity contribution < 1.29 is 14.1 Å². The fourth-order valence-electron chi connectivity index (χ4n) is 3.95. The van der Waals surface area contributed by atoms with E-state index in [0.29, 0.717) is 37.8 Å². The Labute approximate surface area is 164 Å². The third-order valence-electron chi connectivity index (χ3n) is 5.52. The van der Waals surface area contributed by atoms with E-state index < -0.39 is 5.60 Å². The number of amides is 1. The number of piperidine rings is 1. The van der Waals surface area contributed by atoms with E-state index in [0.717, 1.165) is 43.1 Å². The minimum absolute atomic E-state index is 0.0833. The van der Waals surface area contributed by atoms with Crippen molar-refractivity contribution in [1.29, 1.82) is 0 Å². The van der Waals surface area contributed by atoms with Gasteiger partial charge in [-0.1, -0.05) is 5.16 Å². The van der Waals surface area contributed by atoms with E-state index in [1.165, 1.54) is 0 Å². The second-order valence-electron chi connectivity index (χ2n) is 7.66. The number of carbonyl (C=O) groups excluding carboxylic acids is 1. The highest BCUT2D eigenvalue weighted by atomic mass is 16.5. The molecule has 9 heteroatoms. The van der Waals surface area contributed by atoms with Gasteiger partial charge in [0.2, 0.25) is 11.8 Å². The Kier molecular flexibility index (Phi) is 5.01. The third-order valence-corrected chi connectivity index (χ3v) is 5.52. The number of carbonyl (C=O) groups is 1. The summed E-state index contributed by atoms with van der Waals surface area (Å²) in [5, 5.41) is 3.90. The van der Waals surface area contributed by atoms with Crippen LogP contribution in [0.5, 0.6) is 0 Å². The molecule has 1 spiro atoms. The minimum atomic E-state index is -0.402. The molecular formula is C19H26N6O3. The van der Waals surface area contributed by atoms with Crippen molar-refractivity contribution >= 4 is 11.7 Å². The summed E-state index contributed by atoms with van der Waals surface area (Å²) in [5.41, 5.74) is 1.44. The maximum atomic E-state index is 12.9. The number of anilines is 1. The maximum absolute atomic E-state index is 12.9. The summed E-state index contributed by atoms with van der Waals surface area (Å²) < 4.78 is 11.2. The first-order chi connectivity index (χ1) is 13.4. The smallest absolute Gasteiger partial charge is 0.225 e. The van der Waals surface area contributed by atoms with Gasteiger partial charge in [-0.15, -0.1) is 0 Å². The fourth-order valence-corrected chi connectivity index (χ4v) is 3.95. The van der Waals surface area contributed by atoms with Crippen LogP contribution in [0.2, 0.25) is 0 Å². The van der Waals surface area contributed by atoms with E-state index in [9.17, 15) is 4.79 Å². The van der Waals surface area contributed by atoms with Crippen molar-refractivity contribution in [1.82, 2.24) is 25.0 Å². The van der Waals surface area contributed by atoms with Crippen LogP contribution in [0.4, 0.5) is 5.82 Å². The van der Waals surface area contributed by atoms with Gasteiger partial charge in [-0.25, -0.2) is 4.98 Å². The second kappa shape index (κ2) is 7.46. The van der Waals surface area contributed by atoms with Crippen molar-refractivity contribution in [3.05, 3.63) is 29.3 Å². The average molecular weight is 386 g/mol. The van der Waals surface area contributed by atoms with Gasteiger partial charge in [0.05, 0.1) is 36.6 Å². The average Bonchev–Trinajstić information content (AvgIpc) is 3.02. The molecule has 1 amide bonds. The SMILES string of the molecule is Cc1cnc(C)c(N2CCC3(CC2)CC(=O)N(Cc2noc(C)n2)CCO3)n1. The molecule has 2 aromatic rings. The van der Waals surface area contributed by atoms with E-state index in [1.54, 1.807) is 18.0 Å². The van der Waals surface area contributed by atoms with E-state index in [2.05, 4.69) is 25.0 Å². The highest BCUT2D eigenvalue weighted by Gasteiger charge is 2.41. The summed E-state index contributed by atoms with van der Waals surface area (Å²) in [7, 11) is 0. The monoisotopic (exact) mass is 386 g/mol. The van der Waals surface area contributed by atoms with Gasteiger partial charge in [0, 0.05) is 32.8 Å². The molecule has 9 nitrogen and oxygen atoms in total. The summed E-state index contributed by atoms with van der Waals surface area (Å²) in [6, 6.07) is 0. The van der Waals surface area contributed by atoms with E-state index >= 15 is 0 Å². The molecule has 0 aliphatic carbocycles. The Morgan fingerprint density at radius 1 is 1.14 bits per heavy atom. The van der Waals surface area contributed by atoms with Crippen LogP contribution >= 0.6 is 0 Å². The van der Waals surface area contributed by atoms with Crippen molar-refractivity contribution in [2.75, 3.05) is 31.1 Å². The minimum Gasteiger partial charge on any atom is -0.372 e. The molecule has 0 aromatic carbocycles. The molecule has 0 bridgehead atoms. The zero-order valence-corrected chi connectivity index (χ0v) is 16.6. The van der Waals surface area contributed by atoms with Gasteiger partial charge in [0.1, 0.15) is 5.82 Å². The van der Waals surface area contributed by atoms with Gasteiger partial charge in [-0.05, 0) is 26.7 Å². The molecule has 150 valence electrons.